The summed E-state index contributed by atoms with van der Waals surface area (Å²) in [5.41, 5.74) is 0. The molecule has 0 aromatic rings. The molecule has 0 bridgehead atoms. The van der Waals surface area contributed by atoms with Crippen molar-refractivity contribution in [3.8, 4) is 0 Å². The molecule has 0 aromatic carbocycles. The summed E-state index contributed by atoms with van der Waals surface area (Å²) in [6.45, 7) is 10.6. The van der Waals surface area contributed by atoms with Gasteiger partial charge in [0.15, 0.2) is 0 Å². The predicted octanol–water partition coefficient (Wildman–Crippen LogP) is 1.54. The minimum atomic E-state index is 0.146. The second-order valence-corrected chi connectivity index (χ2v) is 2.45. The van der Waals surface area contributed by atoms with Crippen LogP contribution < -0.4 is 10.6 Å². The van der Waals surface area contributed by atoms with Gasteiger partial charge >= 0.3 is 0 Å². The van der Waals surface area contributed by atoms with Crippen LogP contribution in [-0.2, 0) is 4.79 Å². The smallest absolute Gasteiger partial charge is 0.221 e. The van der Waals surface area contributed by atoms with Crippen molar-refractivity contribution in [2.75, 3.05) is 19.6 Å². The van der Waals surface area contributed by atoms with Crippen LogP contribution in [0.15, 0.2) is 0 Å². The highest BCUT2D eigenvalue weighted by Crippen LogP contribution is 1.77. The predicted molar refractivity (Wildman–Crippen MR) is 57.8 cm³/mol. The molecule has 0 spiro atoms. The highest BCUT2D eigenvalue weighted by atomic mass is 16.1. The van der Waals surface area contributed by atoms with Crippen LogP contribution in [0.2, 0.25) is 0 Å². The van der Waals surface area contributed by atoms with E-state index in [1.54, 1.807) is 0 Å². The van der Waals surface area contributed by atoms with Crippen LogP contribution in [-0.4, -0.2) is 25.5 Å². The van der Waals surface area contributed by atoms with E-state index < -0.39 is 0 Å². The van der Waals surface area contributed by atoms with E-state index in [0.717, 1.165) is 26.1 Å². The van der Waals surface area contributed by atoms with Crippen molar-refractivity contribution >= 4 is 5.91 Å². The van der Waals surface area contributed by atoms with Gasteiger partial charge in [0.1, 0.15) is 0 Å². The van der Waals surface area contributed by atoms with Crippen LogP contribution in [0.3, 0.4) is 0 Å². The number of rotatable bonds is 6. The molecule has 3 nitrogen and oxygen atoms in total. The molecule has 0 heterocycles. The fraction of sp³-hybridized carbons (Fsp3) is 0.900. The molecule has 0 unspecified atom stereocenters. The largest absolute Gasteiger partial charge is 0.356 e. The first kappa shape index (κ1) is 14.9. The zero-order valence-corrected chi connectivity index (χ0v) is 9.44. The summed E-state index contributed by atoms with van der Waals surface area (Å²) in [7, 11) is 0. The van der Waals surface area contributed by atoms with Gasteiger partial charge in [-0.1, -0.05) is 27.7 Å². The average molecular weight is 188 g/mol. The normalized spacial score (nSPS) is 8.62. The second kappa shape index (κ2) is 14.0. The lowest BCUT2D eigenvalue weighted by molar-refractivity contribution is -0.120. The molecular formula is C10H24N2O. The number of carbonyl (C=O) groups excluding carboxylic acids is 1. The van der Waals surface area contributed by atoms with Crippen LogP contribution in [0.25, 0.3) is 0 Å². The van der Waals surface area contributed by atoms with E-state index in [1.807, 2.05) is 27.7 Å². The molecule has 0 radical (unpaired) electrons. The van der Waals surface area contributed by atoms with Gasteiger partial charge in [-0.25, -0.2) is 0 Å². The van der Waals surface area contributed by atoms with Crippen LogP contribution >= 0.6 is 0 Å². The molecule has 0 saturated carbocycles. The first-order chi connectivity index (χ1) is 6.31. The summed E-state index contributed by atoms with van der Waals surface area (Å²) in [5.74, 6) is 0.146. The van der Waals surface area contributed by atoms with E-state index in [0.29, 0.717) is 6.42 Å². The van der Waals surface area contributed by atoms with Gasteiger partial charge in [-0.3, -0.25) is 4.79 Å². The number of carbonyl (C=O) groups is 1. The number of hydrogen-bond acceptors (Lipinski definition) is 2. The van der Waals surface area contributed by atoms with Gasteiger partial charge in [-0.05, 0) is 13.0 Å². The van der Waals surface area contributed by atoms with Crippen LogP contribution in [0.4, 0.5) is 0 Å². The van der Waals surface area contributed by atoms with Gasteiger partial charge in [0, 0.05) is 19.5 Å². The quantitative estimate of drug-likeness (QED) is 0.621. The molecule has 0 aliphatic rings. The molecule has 3 heteroatoms. The van der Waals surface area contributed by atoms with Crippen molar-refractivity contribution in [2.45, 2.75) is 40.5 Å². The Bertz CT molecular complexity index is 105. The summed E-state index contributed by atoms with van der Waals surface area (Å²) >= 11 is 0. The Kier molecular flexibility index (Phi) is 16.1. The van der Waals surface area contributed by atoms with E-state index in [9.17, 15) is 4.79 Å². The minimum Gasteiger partial charge on any atom is -0.356 e. The van der Waals surface area contributed by atoms with Crippen molar-refractivity contribution < 1.29 is 4.79 Å². The Morgan fingerprint density at radius 1 is 1.15 bits per heavy atom. The maximum atomic E-state index is 10.9. The third-order valence-corrected chi connectivity index (χ3v) is 1.35. The molecule has 0 atom stereocenters. The first-order valence-corrected chi connectivity index (χ1v) is 5.28. The summed E-state index contributed by atoms with van der Waals surface area (Å²) in [5, 5.41) is 5.91. The third kappa shape index (κ3) is 14.3. The standard InChI is InChI=1S/C8H18N2O.C2H6/c1-3-6-10-8(11)5-7-9-4-2;1-2/h9H,3-7H2,1-2H3,(H,10,11);1-2H3. The SMILES string of the molecule is CC.CCCNC(=O)CCNCC. The Labute approximate surface area is 82.3 Å². The van der Waals surface area contributed by atoms with E-state index in [1.165, 1.54) is 0 Å². The molecule has 0 rings (SSSR count). The molecule has 0 fully saturated rings. The van der Waals surface area contributed by atoms with Crippen molar-refractivity contribution in [3.63, 3.8) is 0 Å². The topological polar surface area (TPSA) is 41.1 Å². The summed E-state index contributed by atoms with van der Waals surface area (Å²) in [6, 6.07) is 0. The number of hydrogen-bond donors (Lipinski definition) is 2. The van der Waals surface area contributed by atoms with Crippen LogP contribution in [0.1, 0.15) is 40.5 Å². The average Bonchev–Trinajstić information content (AvgIpc) is 2.18. The fourth-order valence-electron chi connectivity index (χ4n) is 0.732. The van der Waals surface area contributed by atoms with Gasteiger partial charge in [-0.15, -0.1) is 0 Å². The van der Waals surface area contributed by atoms with Gasteiger partial charge in [0.05, 0.1) is 0 Å². The molecule has 2 N–H and O–H groups in total. The monoisotopic (exact) mass is 188 g/mol. The summed E-state index contributed by atoms with van der Waals surface area (Å²) in [6.07, 6.45) is 1.60. The lowest BCUT2D eigenvalue weighted by Gasteiger charge is -2.02. The molecule has 13 heavy (non-hydrogen) atoms. The zero-order chi connectivity index (χ0) is 10.5. The second-order valence-electron chi connectivity index (χ2n) is 2.45. The molecule has 0 aliphatic carbocycles. The summed E-state index contributed by atoms with van der Waals surface area (Å²) < 4.78 is 0. The maximum absolute atomic E-state index is 10.9. The first-order valence-electron chi connectivity index (χ1n) is 5.28. The summed E-state index contributed by atoms with van der Waals surface area (Å²) in [4.78, 5) is 10.9. The Morgan fingerprint density at radius 3 is 2.23 bits per heavy atom. The van der Waals surface area contributed by atoms with Crippen molar-refractivity contribution in [3.05, 3.63) is 0 Å². The van der Waals surface area contributed by atoms with Gasteiger partial charge < -0.3 is 10.6 Å². The lowest BCUT2D eigenvalue weighted by atomic mass is 10.4. The maximum Gasteiger partial charge on any atom is 0.221 e. The molecule has 1 amide bonds. The van der Waals surface area contributed by atoms with Crippen molar-refractivity contribution in [2.24, 2.45) is 0 Å². The Balaban J connectivity index is 0. The van der Waals surface area contributed by atoms with Gasteiger partial charge in [0.25, 0.3) is 0 Å². The van der Waals surface area contributed by atoms with Gasteiger partial charge in [0.2, 0.25) is 5.91 Å². The van der Waals surface area contributed by atoms with Crippen LogP contribution in [0.5, 0.6) is 0 Å². The van der Waals surface area contributed by atoms with Crippen molar-refractivity contribution in [1.82, 2.24) is 10.6 Å². The molecule has 80 valence electrons. The molecule has 0 aromatic heterocycles. The van der Waals surface area contributed by atoms with E-state index >= 15 is 0 Å². The highest BCUT2D eigenvalue weighted by Gasteiger charge is 1.96. The van der Waals surface area contributed by atoms with Gasteiger partial charge in [-0.2, -0.15) is 0 Å². The minimum absolute atomic E-state index is 0.146. The van der Waals surface area contributed by atoms with E-state index in [-0.39, 0.29) is 5.91 Å². The highest BCUT2D eigenvalue weighted by molar-refractivity contribution is 5.75. The molecule has 0 aliphatic heterocycles. The van der Waals surface area contributed by atoms with E-state index in [4.69, 9.17) is 0 Å². The Hall–Kier alpha value is -0.570. The lowest BCUT2D eigenvalue weighted by Crippen LogP contribution is -2.27. The molecule has 0 saturated heterocycles. The fourth-order valence-corrected chi connectivity index (χ4v) is 0.732. The van der Waals surface area contributed by atoms with Crippen molar-refractivity contribution in [1.29, 1.82) is 0 Å². The van der Waals surface area contributed by atoms with Crippen LogP contribution in [0, 0.1) is 0 Å². The Morgan fingerprint density at radius 2 is 1.77 bits per heavy atom. The van der Waals surface area contributed by atoms with E-state index in [2.05, 4.69) is 10.6 Å². The number of nitrogens with one attached hydrogen (secondary N) is 2. The molecular weight excluding hydrogens is 164 g/mol. The number of amides is 1. The third-order valence-electron chi connectivity index (χ3n) is 1.35. The zero-order valence-electron chi connectivity index (χ0n) is 9.44.